The summed E-state index contributed by atoms with van der Waals surface area (Å²) in [5.74, 6) is 0.520. The van der Waals surface area contributed by atoms with Crippen LogP contribution < -0.4 is 10.0 Å². The Morgan fingerprint density at radius 3 is 2.65 bits per heavy atom. The van der Waals surface area contributed by atoms with E-state index in [-0.39, 0.29) is 0 Å². The van der Waals surface area contributed by atoms with Gasteiger partial charge in [0.25, 0.3) is 0 Å². The van der Waals surface area contributed by atoms with Crippen LogP contribution in [0.1, 0.15) is 44.4 Å². The van der Waals surface area contributed by atoms with Crippen molar-refractivity contribution in [2.75, 3.05) is 6.54 Å². The fourth-order valence-corrected chi connectivity index (χ4v) is 4.88. The zero-order valence-corrected chi connectivity index (χ0v) is 13.8. The highest BCUT2D eigenvalue weighted by Gasteiger charge is 2.21. The summed E-state index contributed by atoms with van der Waals surface area (Å²) in [6.07, 6.45) is 4.76. The highest BCUT2D eigenvalue weighted by Crippen LogP contribution is 2.25. The van der Waals surface area contributed by atoms with E-state index in [1.165, 1.54) is 24.2 Å². The molecule has 1 aromatic heterocycles. The maximum absolute atomic E-state index is 12.2. The van der Waals surface area contributed by atoms with Gasteiger partial charge >= 0.3 is 0 Å². The molecule has 0 unspecified atom stereocenters. The summed E-state index contributed by atoms with van der Waals surface area (Å²) >= 11 is 1.35. The van der Waals surface area contributed by atoms with E-state index in [1.54, 1.807) is 6.07 Å². The molecule has 0 aromatic carbocycles. The lowest BCUT2D eigenvalue weighted by Gasteiger charge is -2.10. The summed E-state index contributed by atoms with van der Waals surface area (Å²) in [5.41, 5.74) is 0. The molecule has 2 rings (SSSR count). The maximum Gasteiger partial charge on any atom is 0.250 e. The smallest absolute Gasteiger partial charge is 0.250 e. The molecule has 20 heavy (non-hydrogen) atoms. The van der Waals surface area contributed by atoms with Crippen molar-refractivity contribution >= 4 is 21.4 Å². The van der Waals surface area contributed by atoms with Crippen molar-refractivity contribution in [2.24, 2.45) is 5.92 Å². The van der Waals surface area contributed by atoms with E-state index in [4.69, 9.17) is 0 Å². The Morgan fingerprint density at radius 1 is 1.30 bits per heavy atom. The van der Waals surface area contributed by atoms with Crippen LogP contribution in [0, 0.1) is 5.92 Å². The number of thiophene rings is 1. The molecule has 1 fully saturated rings. The van der Waals surface area contributed by atoms with E-state index in [9.17, 15) is 8.42 Å². The molecule has 0 saturated heterocycles. The van der Waals surface area contributed by atoms with Gasteiger partial charge in [0.05, 0.1) is 0 Å². The van der Waals surface area contributed by atoms with Crippen molar-refractivity contribution in [1.29, 1.82) is 0 Å². The summed E-state index contributed by atoms with van der Waals surface area (Å²) in [6, 6.07) is 4.00. The lowest BCUT2D eigenvalue weighted by Crippen LogP contribution is -2.27. The Morgan fingerprint density at radius 2 is 2.00 bits per heavy atom. The van der Waals surface area contributed by atoms with Gasteiger partial charge in [-0.1, -0.05) is 26.7 Å². The Kier molecular flexibility index (Phi) is 5.60. The number of hydrogen-bond donors (Lipinski definition) is 2. The third-order valence-electron chi connectivity index (χ3n) is 3.62. The van der Waals surface area contributed by atoms with Gasteiger partial charge in [0.2, 0.25) is 10.0 Å². The van der Waals surface area contributed by atoms with Crippen molar-refractivity contribution < 1.29 is 8.42 Å². The molecule has 0 spiro atoms. The molecule has 0 radical (unpaired) electrons. The summed E-state index contributed by atoms with van der Waals surface area (Å²) in [6.45, 7) is 5.46. The number of nitrogens with one attached hydrogen (secondary N) is 2. The van der Waals surface area contributed by atoms with Gasteiger partial charge in [-0.05, 0) is 30.9 Å². The minimum atomic E-state index is -3.32. The van der Waals surface area contributed by atoms with Crippen LogP contribution in [0.15, 0.2) is 16.3 Å². The minimum Gasteiger partial charge on any atom is -0.310 e. The first-order valence-electron chi connectivity index (χ1n) is 7.29. The summed E-state index contributed by atoms with van der Waals surface area (Å²) < 4.78 is 27.6. The molecule has 0 bridgehead atoms. The minimum absolute atomic E-state index is 0.401. The predicted octanol–water partition coefficient (Wildman–Crippen LogP) is 2.71. The van der Waals surface area contributed by atoms with E-state index in [0.29, 0.717) is 22.7 Å². The molecule has 0 atom stereocenters. The van der Waals surface area contributed by atoms with E-state index in [2.05, 4.69) is 23.9 Å². The van der Waals surface area contributed by atoms with Gasteiger partial charge in [0, 0.05) is 24.0 Å². The number of sulfonamides is 1. The second kappa shape index (κ2) is 7.02. The van der Waals surface area contributed by atoms with Crippen molar-refractivity contribution in [3.05, 3.63) is 17.0 Å². The van der Waals surface area contributed by atoms with Crippen molar-refractivity contribution in [2.45, 2.75) is 56.3 Å². The zero-order valence-electron chi connectivity index (χ0n) is 12.2. The summed E-state index contributed by atoms with van der Waals surface area (Å²) in [5, 5.41) is 3.30. The summed E-state index contributed by atoms with van der Waals surface area (Å²) in [4.78, 5) is 1.06. The van der Waals surface area contributed by atoms with E-state index < -0.39 is 10.0 Å². The van der Waals surface area contributed by atoms with Gasteiger partial charge < -0.3 is 5.32 Å². The molecule has 6 heteroatoms. The highest BCUT2D eigenvalue weighted by atomic mass is 32.2. The number of hydrogen-bond acceptors (Lipinski definition) is 4. The lowest BCUT2D eigenvalue weighted by molar-refractivity contribution is 0.520. The first kappa shape index (κ1) is 15.9. The molecule has 4 nitrogen and oxygen atoms in total. The normalized spacial score (nSPS) is 17.1. The average Bonchev–Trinajstić information content (AvgIpc) is 3.05. The molecule has 0 amide bonds. The van der Waals surface area contributed by atoms with Crippen LogP contribution >= 0.6 is 11.3 Å². The van der Waals surface area contributed by atoms with Gasteiger partial charge in [-0.25, -0.2) is 13.1 Å². The fraction of sp³-hybridized carbons (Fsp3) is 0.714. The molecular weight excluding hydrogens is 292 g/mol. The monoisotopic (exact) mass is 316 g/mol. The van der Waals surface area contributed by atoms with Crippen molar-refractivity contribution in [3.63, 3.8) is 0 Å². The largest absolute Gasteiger partial charge is 0.310 e. The van der Waals surface area contributed by atoms with Crippen LogP contribution in [-0.2, 0) is 16.6 Å². The third kappa shape index (κ3) is 4.55. The Balaban J connectivity index is 1.91. The van der Waals surface area contributed by atoms with E-state index in [0.717, 1.165) is 24.3 Å². The first-order chi connectivity index (χ1) is 9.47. The van der Waals surface area contributed by atoms with Crippen LogP contribution in [0.5, 0.6) is 0 Å². The van der Waals surface area contributed by atoms with Crippen LogP contribution in [0.4, 0.5) is 0 Å². The standard InChI is InChI=1S/C14H24N2O2S2/c1-11(2)15-10-13-7-8-14(19-13)20(17,18)16-9-12-5-3-4-6-12/h7-8,11-12,15-16H,3-6,9-10H2,1-2H3. The topological polar surface area (TPSA) is 58.2 Å². The van der Waals surface area contributed by atoms with Crippen molar-refractivity contribution in [3.8, 4) is 0 Å². The Labute approximate surface area is 126 Å². The van der Waals surface area contributed by atoms with Gasteiger partial charge in [-0.15, -0.1) is 11.3 Å². The van der Waals surface area contributed by atoms with Gasteiger partial charge in [0.1, 0.15) is 4.21 Å². The van der Waals surface area contributed by atoms with E-state index >= 15 is 0 Å². The molecule has 1 heterocycles. The van der Waals surface area contributed by atoms with Gasteiger partial charge in [-0.3, -0.25) is 0 Å². The highest BCUT2D eigenvalue weighted by molar-refractivity contribution is 7.91. The third-order valence-corrected chi connectivity index (χ3v) is 6.62. The quantitative estimate of drug-likeness (QED) is 0.813. The molecule has 114 valence electrons. The molecule has 0 aliphatic heterocycles. The molecule has 2 N–H and O–H groups in total. The van der Waals surface area contributed by atoms with Gasteiger partial charge in [-0.2, -0.15) is 0 Å². The Bertz CT molecular complexity index is 517. The average molecular weight is 316 g/mol. The van der Waals surface area contributed by atoms with Crippen LogP contribution in [0.25, 0.3) is 0 Å². The van der Waals surface area contributed by atoms with Crippen molar-refractivity contribution in [1.82, 2.24) is 10.0 Å². The van der Waals surface area contributed by atoms with E-state index in [1.807, 2.05) is 6.07 Å². The molecule has 1 aliphatic rings. The SMILES string of the molecule is CC(C)NCc1ccc(S(=O)(=O)NCC2CCCC2)s1. The zero-order chi connectivity index (χ0) is 14.6. The predicted molar refractivity (Wildman–Crippen MR) is 83.4 cm³/mol. The van der Waals surface area contributed by atoms with Gasteiger partial charge in [0.15, 0.2) is 0 Å². The lowest BCUT2D eigenvalue weighted by atomic mass is 10.1. The first-order valence-corrected chi connectivity index (χ1v) is 9.59. The molecule has 1 aliphatic carbocycles. The maximum atomic E-state index is 12.2. The molecule has 1 saturated carbocycles. The fourth-order valence-electron chi connectivity index (χ4n) is 2.42. The van der Waals surface area contributed by atoms with Crippen LogP contribution in [0.2, 0.25) is 0 Å². The Hall–Kier alpha value is -0.430. The molecule has 1 aromatic rings. The summed E-state index contributed by atoms with van der Waals surface area (Å²) in [7, 11) is -3.32. The van der Waals surface area contributed by atoms with Crippen LogP contribution in [0.3, 0.4) is 0 Å². The second-order valence-corrected chi connectivity index (χ2v) is 8.92. The second-order valence-electron chi connectivity index (χ2n) is 5.76. The van der Waals surface area contributed by atoms with Crippen LogP contribution in [-0.4, -0.2) is 21.0 Å². The molecular formula is C14H24N2O2S2. The number of rotatable bonds is 7.